The second-order valence-corrected chi connectivity index (χ2v) is 9.30. The third kappa shape index (κ3) is 3.52. The van der Waals surface area contributed by atoms with Crippen LogP contribution in [-0.4, -0.2) is 22.9 Å². The van der Waals surface area contributed by atoms with Crippen LogP contribution in [0.5, 0.6) is 5.75 Å². The fourth-order valence-corrected chi connectivity index (χ4v) is 6.06. The first kappa shape index (κ1) is 13.0. The molecule has 1 fully saturated rings. The number of methoxy groups -OCH3 is 1. The summed E-state index contributed by atoms with van der Waals surface area (Å²) in [4.78, 5) is 0. The third-order valence-electron chi connectivity index (χ3n) is 3.86. The van der Waals surface area contributed by atoms with Gasteiger partial charge in [-0.15, -0.1) is 0 Å². The van der Waals surface area contributed by atoms with Crippen molar-refractivity contribution in [1.82, 2.24) is 0 Å². The van der Waals surface area contributed by atoms with E-state index in [4.69, 9.17) is 4.74 Å². The Kier molecular flexibility index (Phi) is 4.56. The molecule has 1 saturated carbocycles. The third-order valence-corrected chi connectivity index (χ3v) is 7.87. The molecule has 1 unspecified atom stereocenters. The first-order valence-corrected chi connectivity index (χ1v) is 9.14. The monoisotopic (exact) mass is 294 g/mol. The van der Waals surface area contributed by atoms with Crippen LogP contribution in [0.25, 0.3) is 0 Å². The average Bonchev–Trinajstić information content (AvgIpc) is 2.38. The zero-order valence-corrected chi connectivity index (χ0v) is 13.1. The summed E-state index contributed by atoms with van der Waals surface area (Å²) in [5.74, 6) is 1.08. The van der Waals surface area contributed by atoms with Gasteiger partial charge >= 0.3 is 112 Å². The van der Waals surface area contributed by atoms with Gasteiger partial charge in [0.1, 0.15) is 0 Å². The van der Waals surface area contributed by atoms with Crippen LogP contribution in [-0.2, 0) is 5.21 Å². The van der Waals surface area contributed by atoms with Crippen LogP contribution in [0.1, 0.15) is 44.6 Å². The van der Waals surface area contributed by atoms with Crippen molar-refractivity contribution in [3.05, 3.63) is 29.8 Å². The van der Waals surface area contributed by atoms with Gasteiger partial charge in [0.25, 0.3) is 0 Å². The molecule has 1 aromatic rings. The molecule has 1 aliphatic rings. The molecule has 1 aliphatic carbocycles. The van der Waals surface area contributed by atoms with Crippen LogP contribution in [0.4, 0.5) is 0 Å². The molecule has 2 heteroatoms. The molecule has 0 bridgehead atoms. The second-order valence-electron chi connectivity index (χ2n) is 5.29. The van der Waals surface area contributed by atoms with Crippen molar-refractivity contribution in [2.45, 2.75) is 48.4 Å². The van der Waals surface area contributed by atoms with Crippen LogP contribution in [0, 0.1) is 0 Å². The fourth-order valence-electron chi connectivity index (χ4n) is 2.67. The van der Waals surface area contributed by atoms with Crippen molar-refractivity contribution in [2.75, 3.05) is 7.11 Å². The van der Waals surface area contributed by atoms with E-state index in [1.807, 2.05) is 0 Å². The quantitative estimate of drug-likeness (QED) is 0.768. The number of ether oxygens (including phenoxy) is 1. The van der Waals surface area contributed by atoms with Gasteiger partial charge in [-0.25, -0.2) is 0 Å². The number of hydrogen-bond donors (Lipinski definition) is 0. The maximum atomic E-state index is 5.44. The minimum atomic E-state index is 0.0940. The van der Waals surface area contributed by atoms with Gasteiger partial charge < -0.3 is 0 Å². The number of para-hydroxylation sites is 1. The predicted molar refractivity (Wildman–Crippen MR) is 75.3 cm³/mol. The summed E-state index contributed by atoms with van der Waals surface area (Å²) in [6.07, 6.45) is 7.28. The molecule has 0 radical (unpaired) electrons. The van der Waals surface area contributed by atoms with E-state index in [1.165, 1.54) is 42.9 Å². The molecule has 0 saturated heterocycles. The molecule has 1 atom stereocenters. The van der Waals surface area contributed by atoms with Crippen molar-refractivity contribution in [1.29, 1.82) is 0 Å². The Bertz CT molecular complexity index is 356. The van der Waals surface area contributed by atoms with E-state index in [-0.39, 0.29) is 15.8 Å². The maximum absolute atomic E-state index is 5.44. The summed E-state index contributed by atoms with van der Waals surface area (Å²) in [5, 5.41) is 1.28. The molecule has 0 amide bonds. The molecule has 2 rings (SSSR count). The van der Waals surface area contributed by atoms with Gasteiger partial charge in [-0.05, 0) is 0 Å². The standard InChI is InChI=1S/C15H23AsO/c1-15(10-6-3-7-11-15)16-12-13-8-4-5-9-14(13)17-2/h4-5,8-9,16H,3,6-7,10-12H2,1-2H3. The van der Waals surface area contributed by atoms with Crippen LogP contribution in [0.3, 0.4) is 0 Å². The van der Waals surface area contributed by atoms with Gasteiger partial charge in [0.15, 0.2) is 0 Å². The van der Waals surface area contributed by atoms with Gasteiger partial charge in [0, 0.05) is 0 Å². The normalized spacial score (nSPS) is 19.6. The van der Waals surface area contributed by atoms with Crippen molar-refractivity contribution >= 4 is 15.8 Å². The Morgan fingerprint density at radius 1 is 1.18 bits per heavy atom. The van der Waals surface area contributed by atoms with Gasteiger partial charge in [0.2, 0.25) is 0 Å². The molecular formula is C15H23AsO. The molecular weight excluding hydrogens is 271 g/mol. The second kappa shape index (κ2) is 5.96. The fraction of sp³-hybridized carbons (Fsp3) is 0.600. The van der Waals surface area contributed by atoms with Crippen molar-refractivity contribution < 1.29 is 4.74 Å². The zero-order chi connectivity index (χ0) is 12.1. The van der Waals surface area contributed by atoms with E-state index in [2.05, 4.69) is 31.2 Å². The van der Waals surface area contributed by atoms with E-state index in [0.29, 0.717) is 4.20 Å². The molecule has 0 aliphatic heterocycles. The predicted octanol–water partition coefficient (Wildman–Crippen LogP) is 3.77. The van der Waals surface area contributed by atoms with Crippen LogP contribution in [0.2, 0.25) is 4.20 Å². The molecule has 94 valence electrons. The van der Waals surface area contributed by atoms with Gasteiger partial charge in [-0.1, -0.05) is 0 Å². The van der Waals surface area contributed by atoms with Crippen LogP contribution in [0.15, 0.2) is 24.3 Å². The van der Waals surface area contributed by atoms with E-state index in [0.717, 1.165) is 5.75 Å². The van der Waals surface area contributed by atoms with Crippen molar-refractivity contribution in [2.24, 2.45) is 0 Å². The van der Waals surface area contributed by atoms with Crippen LogP contribution < -0.4 is 4.74 Å². The molecule has 1 nitrogen and oxygen atoms in total. The molecule has 0 N–H and O–H groups in total. The Balaban J connectivity index is 1.96. The molecule has 1 aromatic carbocycles. The number of rotatable bonds is 4. The minimum absolute atomic E-state index is 0.0940. The van der Waals surface area contributed by atoms with Gasteiger partial charge in [-0.2, -0.15) is 0 Å². The Hall–Kier alpha value is -0.422. The number of hydrogen-bond acceptors (Lipinski definition) is 1. The van der Waals surface area contributed by atoms with Crippen LogP contribution >= 0.6 is 0 Å². The molecule has 0 heterocycles. The van der Waals surface area contributed by atoms with Gasteiger partial charge in [0.05, 0.1) is 0 Å². The average molecular weight is 294 g/mol. The zero-order valence-electron chi connectivity index (χ0n) is 11.0. The summed E-state index contributed by atoms with van der Waals surface area (Å²) in [6, 6.07) is 8.51. The first-order chi connectivity index (χ1) is 8.23. The van der Waals surface area contributed by atoms with E-state index >= 15 is 0 Å². The molecule has 0 spiro atoms. The van der Waals surface area contributed by atoms with Crippen molar-refractivity contribution in [3.63, 3.8) is 0 Å². The Morgan fingerprint density at radius 2 is 1.88 bits per heavy atom. The number of benzene rings is 1. The summed E-state index contributed by atoms with van der Waals surface area (Å²) in [7, 11) is 1.78. The summed E-state index contributed by atoms with van der Waals surface area (Å²) < 4.78 is 6.13. The SMILES string of the molecule is COc1ccccc1C[AsH]C1(C)CCCCC1. The topological polar surface area (TPSA) is 9.23 Å². The van der Waals surface area contributed by atoms with E-state index in [1.54, 1.807) is 7.11 Å². The van der Waals surface area contributed by atoms with Gasteiger partial charge in [-0.3, -0.25) is 0 Å². The molecule has 0 aromatic heterocycles. The summed E-state index contributed by atoms with van der Waals surface area (Å²) >= 11 is 0.0940. The van der Waals surface area contributed by atoms with E-state index in [9.17, 15) is 0 Å². The van der Waals surface area contributed by atoms with Crippen molar-refractivity contribution in [3.8, 4) is 5.75 Å². The first-order valence-electron chi connectivity index (χ1n) is 6.60. The van der Waals surface area contributed by atoms with E-state index < -0.39 is 0 Å². The summed E-state index contributed by atoms with van der Waals surface area (Å²) in [6.45, 7) is 2.52. The molecule has 17 heavy (non-hydrogen) atoms. The Morgan fingerprint density at radius 3 is 2.59 bits per heavy atom. The summed E-state index contributed by atoms with van der Waals surface area (Å²) in [5.41, 5.74) is 1.42. The Labute approximate surface area is 112 Å².